The number of urea groups is 1. The Morgan fingerprint density at radius 2 is 2.06 bits per heavy atom. The molecule has 0 saturated heterocycles. The fourth-order valence-electron chi connectivity index (χ4n) is 1.56. The van der Waals surface area contributed by atoms with Gasteiger partial charge in [-0.15, -0.1) is 0 Å². The van der Waals surface area contributed by atoms with Crippen LogP contribution in [0.15, 0.2) is 41.2 Å². The zero-order chi connectivity index (χ0) is 13.0. The second-order valence-corrected chi connectivity index (χ2v) is 3.66. The van der Waals surface area contributed by atoms with Gasteiger partial charge in [0, 0.05) is 12.6 Å². The van der Waals surface area contributed by atoms with E-state index in [1.165, 1.54) is 10.7 Å². The smallest absolute Gasteiger partial charge is 0.320 e. The van der Waals surface area contributed by atoms with E-state index in [1.807, 2.05) is 25.1 Å². The van der Waals surface area contributed by atoms with E-state index < -0.39 is 0 Å². The van der Waals surface area contributed by atoms with Crippen LogP contribution in [0.5, 0.6) is 0 Å². The van der Waals surface area contributed by atoms with E-state index in [2.05, 4.69) is 15.7 Å². The van der Waals surface area contributed by atoms with Gasteiger partial charge in [0.1, 0.15) is 5.82 Å². The highest BCUT2D eigenvalue weighted by atomic mass is 16.2. The number of hydrogen-bond donors (Lipinski definition) is 3. The summed E-state index contributed by atoms with van der Waals surface area (Å²) in [7, 11) is 0. The number of aromatic nitrogens is 2. The average Bonchev–Trinajstić information content (AvgIpc) is 2.71. The maximum absolute atomic E-state index is 11.7. The SMILES string of the molecule is CCNC(=O)Nc1cc(=O)n(-c2ccccc2)[nH]1. The number of benzene rings is 1. The number of carbonyl (C=O) groups excluding carboxylic acids is 1. The minimum atomic E-state index is -0.348. The van der Waals surface area contributed by atoms with E-state index in [-0.39, 0.29) is 11.6 Å². The highest BCUT2D eigenvalue weighted by molar-refractivity contribution is 5.88. The van der Waals surface area contributed by atoms with Crippen molar-refractivity contribution in [2.75, 3.05) is 11.9 Å². The maximum atomic E-state index is 11.7. The summed E-state index contributed by atoms with van der Waals surface area (Å²) in [6.07, 6.45) is 0. The van der Waals surface area contributed by atoms with Gasteiger partial charge in [-0.25, -0.2) is 9.48 Å². The van der Waals surface area contributed by atoms with Crippen LogP contribution in [-0.2, 0) is 0 Å². The molecule has 3 N–H and O–H groups in total. The summed E-state index contributed by atoms with van der Waals surface area (Å²) in [6.45, 7) is 2.34. The molecule has 0 aliphatic heterocycles. The molecule has 0 aliphatic carbocycles. The molecule has 0 aliphatic rings. The second-order valence-electron chi connectivity index (χ2n) is 3.66. The van der Waals surface area contributed by atoms with Gasteiger partial charge < -0.3 is 5.32 Å². The summed E-state index contributed by atoms with van der Waals surface area (Å²) in [5, 5.41) is 7.95. The van der Waals surface area contributed by atoms with Gasteiger partial charge >= 0.3 is 6.03 Å². The van der Waals surface area contributed by atoms with Crippen molar-refractivity contribution in [1.82, 2.24) is 15.1 Å². The number of hydrogen-bond acceptors (Lipinski definition) is 2. The predicted octanol–water partition coefficient (Wildman–Crippen LogP) is 1.31. The lowest BCUT2D eigenvalue weighted by atomic mass is 10.3. The van der Waals surface area contributed by atoms with Gasteiger partial charge in [0.25, 0.3) is 5.56 Å². The van der Waals surface area contributed by atoms with Crippen LogP contribution < -0.4 is 16.2 Å². The van der Waals surface area contributed by atoms with Crippen LogP contribution in [0, 0.1) is 0 Å². The molecule has 0 radical (unpaired) electrons. The Bertz CT molecular complexity index is 586. The summed E-state index contributed by atoms with van der Waals surface area (Å²) in [6, 6.07) is 10.1. The minimum Gasteiger partial charge on any atom is -0.338 e. The van der Waals surface area contributed by atoms with Crippen LogP contribution in [0.25, 0.3) is 5.69 Å². The van der Waals surface area contributed by atoms with E-state index in [1.54, 1.807) is 12.1 Å². The topological polar surface area (TPSA) is 78.9 Å². The standard InChI is InChI=1S/C12H14N4O2/c1-2-13-12(18)14-10-8-11(17)16(15-10)9-6-4-3-5-7-9/h3-8,15H,2H2,1H3,(H2,13,14,18). The molecule has 1 aromatic heterocycles. The molecule has 18 heavy (non-hydrogen) atoms. The first-order chi connectivity index (χ1) is 8.70. The Hall–Kier alpha value is -2.50. The highest BCUT2D eigenvalue weighted by Crippen LogP contribution is 2.05. The lowest BCUT2D eigenvalue weighted by Crippen LogP contribution is -2.28. The molecular formula is C12H14N4O2. The zero-order valence-corrected chi connectivity index (χ0v) is 9.93. The van der Waals surface area contributed by atoms with Crippen molar-refractivity contribution in [3.8, 4) is 5.69 Å². The molecule has 0 bridgehead atoms. The fourth-order valence-corrected chi connectivity index (χ4v) is 1.56. The van der Waals surface area contributed by atoms with Crippen molar-refractivity contribution in [2.45, 2.75) is 6.92 Å². The van der Waals surface area contributed by atoms with Crippen LogP contribution >= 0.6 is 0 Å². The molecule has 2 rings (SSSR count). The van der Waals surface area contributed by atoms with Crippen molar-refractivity contribution in [3.05, 3.63) is 46.8 Å². The molecular weight excluding hydrogens is 232 g/mol. The number of nitrogens with zero attached hydrogens (tertiary/aromatic N) is 1. The number of aromatic amines is 1. The van der Waals surface area contributed by atoms with Crippen molar-refractivity contribution < 1.29 is 4.79 Å². The van der Waals surface area contributed by atoms with Gasteiger partial charge in [0.2, 0.25) is 0 Å². The van der Waals surface area contributed by atoms with Crippen LogP contribution in [0.4, 0.5) is 10.6 Å². The van der Waals surface area contributed by atoms with Gasteiger partial charge in [-0.3, -0.25) is 15.2 Å². The third-order valence-electron chi connectivity index (χ3n) is 2.32. The molecule has 0 fully saturated rings. The lowest BCUT2D eigenvalue weighted by molar-refractivity contribution is 0.252. The predicted molar refractivity (Wildman–Crippen MR) is 69.1 cm³/mol. The van der Waals surface area contributed by atoms with Crippen LogP contribution in [0.3, 0.4) is 0 Å². The average molecular weight is 246 g/mol. The minimum absolute atomic E-state index is 0.229. The van der Waals surface area contributed by atoms with E-state index in [0.29, 0.717) is 18.1 Å². The number of carbonyl (C=O) groups is 1. The Kier molecular flexibility index (Phi) is 3.47. The first-order valence-corrected chi connectivity index (χ1v) is 5.63. The van der Waals surface area contributed by atoms with E-state index in [9.17, 15) is 9.59 Å². The summed E-state index contributed by atoms with van der Waals surface area (Å²) < 4.78 is 1.36. The third kappa shape index (κ3) is 2.60. The molecule has 1 heterocycles. The first-order valence-electron chi connectivity index (χ1n) is 5.63. The van der Waals surface area contributed by atoms with Crippen molar-refractivity contribution in [2.24, 2.45) is 0 Å². The monoisotopic (exact) mass is 246 g/mol. The Morgan fingerprint density at radius 1 is 1.33 bits per heavy atom. The van der Waals surface area contributed by atoms with Gasteiger partial charge in [-0.05, 0) is 19.1 Å². The van der Waals surface area contributed by atoms with E-state index in [4.69, 9.17) is 0 Å². The summed E-state index contributed by atoms with van der Waals surface area (Å²) >= 11 is 0. The highest BCUT2D eigenvalue weighted by Gasteiger charge is 2.06. The maximum Gasteiger partial charge on any atom is 0.320 e. The molecule has 0 atom stereocenters. The number of rotatable bonds is 3. The van der Waals surface area contributed by atoms with Crippen molar-refractivity contribution in [3.63, 3.8) is 0 Å². The van der Waals surface area contributed by atoms with Gasteiger partial charge in [-0.1, -0.05) is 18.2 Å². The van der Waals surface area contributed by atoms with E-state index in [0.717, 1.165) is 0 Å². The normalized spacial score (nSPS) is 10.1. The molecule has 0 saturated carbocycles. The van der Waals surface area contributed by atoms with Gasteiger partial charge in [-0.2, -0.15) is 0 Å². The Labute approximate surface area is 104 Å². The largest absolute Gasteiger partial charge is 0.338 e. The first kappa shape index (κ1) is 12.0. The molecule has 1 aromatic carbocycles. The number of nitrogens with one attached hydrogen (secondary N) is 3. The van der Waals surface area contributed by atoms with E-state index >= 15 is 0 Å². The van der Waals surface area contributed by atoms with Gasteiger partial charge in [0.05, 0.1) is 5.69 Å². The molecule has 6 heteroatoms. The summed E-state index contributed by atoms with van der Waals surface area (Å²) in [4.78, 5) is 23.1. The Balaban J connectivity index is 2.23. The molecule has 94 valence electrons. The number of H-pyrrole nitrogens is 1. The number of para-hydroxylation sites is 1. The molecule has 2 amide bonds. The van der Waals surface area contributed by atoms with Crippen LogP contribution in [0.1, 0.15) is 6.92 Å². The molecule has 2 aromatic rings. The zero-order valence-electron chi connectivity index (χ0n) is 9.93. The molecule has 6 nitrogen and oxygen atoms in total. The number of anilines is 1. The fraction of sp³-hybridized carbons (Fsp3) is 0.167. The van der Waals surface area contributed by atoms with Crippen LogP contribution in [0.2, 0.25) is 0 Å². The quantitative estimate of drug-likeness (QED) is 0.763. The summed E-state index contributed by atoms with van der Waals surface area (Å²) in [5.41, 5.74) is 0.486. The van der Waals surface area contributed by atoms with Crippen LogP contribution in [-0.4, -0.2) is 22.4 Å². The van der Waals surface area contributed by atoms with Crippen molar-refractivity contribution >= 4 is 11.8 Å². The molecule has 0 spiro atoms. The Morgan fingerprint density at radius 3 is 2.72 bits per heavy atom. The lowest BCUT2D eigenvalue weighted by Gasteiger charge is -2.03. The third-order valence-corrected chi connectivity index (χ3v) is 2.32. The summed E-state index contributed by atoms with van der Waals surface area (Å²) in [5.74, 6) is 0.356. The van der Waals surface area contributed by atoms with Crippen molar-refractivity contribution in [1.29, 1.82) is 0 Å². The molecule has 0 unspecified atom stereocenters. The number of amides is 2. The van der Waals surface area contributed by atoms with Gasteiger partial charge in [0.15, 0.2) is 0 Å². The second kappa shape index (κ2) is 5.22.